The van der Waals surface area contributed by atoms with Crippen molar-refractivity contribution in [3.63, 3.8) is 0 Å². The third-order valence-electron chi connectivity index (χ3n) is 7.48. The summed E-state index contributed by atoms with van der Waals surface area (Å²) in [7, 11) is 0. The number of aromatic nitrogens is 2. The molecule has 2 aromatic carbocycles. The van der Waals surface area contributed by atoms with E-state index < -0.39 is 23.7 Å². The van der Waals surface area contributed by atoms with Gasteiger partial charge in [-0.25, -0.2) is 19.6 Å². The molecular weight excluding hydrogens is 624 g/mol. The van der Waals surface area contributed by atoms with Gasteiger partial charge in [-0.1, -0.05) is 51.4 Å². The number of pyridine rings is 2. The maximum atomic E-state index is 13.0. The Morgan fingerprint density at radius 2 is 1.66 bits per heavy atom. The summed E-state index contributed by atoms with van der Waals surface area (Å²) >= 11 is 3.63. The minimum absolute atomic E-state index is 0.518. The Bertz CT molecular complexity index is 1760. The fourth-order valence-electron chi connectivity index (χ4n) is 5.49. The molecule has 1 fully saturated rings. The Kier molecular flexibility index (Phi) is 7.98. The van der Waals surface area contributed by atoms with E-state index in [4.69, 9.17) is 14.6 Å². The van der Waals surface area contributed by atoms with Gasteiger partial charge in [0.05, 0.1) is 11.1 Å². The molecule has 0 radical (unpaired) electrons. The lowest BCUT2D eigenvalue weighted by Crippen LogP contribution is -2.47. The van der Waals surface area contributed by atoms with Gasteiger partial charge in [0.2, 0.25) is 0 Å². The summed E-state index contributed by atoms with van der Waals surface area (Å²) in [4.78, 5) is 44.9. The molecule has 1 aliphatic heterocycles. The molecule has 0 bridgehead atoms. The van der Waals surface area contributed by atoms with Crippen LogP contribution < -0.4 is 15.1 Å². The molecule has 3 heterocycles. The zero-order chi connectivity index (χ0) is 31.0. The van der Waals surface area contributed by atoms with Crippen molar-refractivity contribution in [1.29, 1.82) is 0 Å². The van der Waals surface area contributed by atoms with Gasteiger partial charge in [0, 0.05) is 53.4 Å². The molecule has 1 amide bonds. The summed E-state index contributed by atoms with van der Waals surface area (Å²) in [5, 5.41) is 7.92. The van der Waals surface area contributed by atoms with E-state index in [0.29, 0.717) is 5.71 Å². The molecular formula is C33H33BrN6O4. The molecule has 10 nitrogen and oxygen atoms in total. The summed E-state index contributed by atoms with van der Waals surface area (Å²) in [6.07, 6.45) is 1.10. The van der Waals surface area contributed by atoms with E-state index in [0.717, 1.165) is 75.4 Å². The smallest absolute Gasteiger partial charge is 0.408 e. The van der Waals surface area contributed by atoms with Crippen LogP contribution in [0.3, 0.4) is 0 Å². The summed E-state index contributed by atoms with van der Waals surface area (Å²) in [6.45, 7) is 9.77. The van der Waals surface area contributed by atoms with Gasteiger partial charge in [-0.05, 0) is 63.6 Å². The molecule has 4 aromatic rings. The zero-order valence-corrected chi connectivity index (χ0v) is 26.6. The van der Waals surface area contributed by atoms with Crippen LogP contribution in [0.5, 0.6) is 0 Å². The number of nitrogens with zero attached hydrogens (tertiary/aromatic N) is 5. The third-order valence-corrected chi connectivity index (χ3v) is 7.98. The highest BCUT2D eigenvalue weighted by Crippen LogP contribution is 2.46. The summed E-state index contributed by atoms with van der Waals surface area (Å²) in [5.74, 6) is 1.02. The van der Waals surface area contributed by atoms with Crippen molar-refractivity contribution >= 4 is 56.2 Å². The molecule has 0 saturated carbocycles. The largest absolute Gasteiger partial charge is 0.444 e. The number of nitrogens with one attached hydrogen (secondary N) is 1. The highest BCUT2D eigenvalue weighted by atomic mass is 79.9. The Hall–Kier alpha value is -4.51. The van der Waals surface area contributed by atoms with E-state index in [1.54, 1.807) is 20.8 Å². The number of amides is 1. The highest BCUT2D eigenvalue weighted by Gasteiger charge is 2.34. The molecule has 44 heavy (non-hydrogen) atoms. The molecule has 0 spiro atoms. The van der Waals surface area contributed by atoms with Gasteiger partial charge < -0.3 is 24.7 Å². The van der Waals surface area contributed by atoms with E-state index >= 15 is 0 Å². The first-order valence-electron chi connectivity index (χ1n) is 14.5. The number of ether oxygens (including phenoxy) is 1. The number of fused-ring (bicyclic) bond motifs is 5. The number of piperazine rings is 1. The van der Waals surface area contributed by atoms with Gasteiger partial charge in [-0.2, -0.15) is 0 Å². The van der Waals surface area contributed by atoms with E-state index in [9.17, 15) is 9.59 Å². The first-order chi connectivity index (χ1) is 21.1. The second kappa shape index (κ2) is 11.9. The molecule has 1 aliphatic carbocycles. The number of oxime groups is 1. The van der Waals surface area contributed by atoms with Crippen molar-refractivity contribution in [3.8, 4) is 11.1 Å². The van der Waals surface area contributed by atoms with Crippen LogP contribution in [0.25, 0.3) is 22.0 Å². The van der Waals surface area contributed by atoms with Crippen LogP contribution in [0.2, 0.25) is 0 Å². The van der Waals surface area contributed by atoms with Crippen LogP contribution >= 0.6 is 15.9 Å². The minimum atomic E-state index is -0.977. The normalized spacial score (nSPS) is 16.0. The van der Waals surface area contributed by atoms with Crippen LogP contribution in [0.15, 0.2) is 76.5 Å². The van der Waals surface area contributed by atoms with Crippen molar-refractivity contribution < 1.29 is 19.2 Å². The van der Waals surface area contributed by atoms with Crippen molar-refractivity contribution in [1.82, 2.24) is 15.3 Å². The lowest BCUT2D eigenvalue weighted by atomic mass is 10.0. The molecule has 1 atom stereocenters. The molecule has 11 heteroatoms. The monoisotopic (exact) mass is 656 g/mol. The van der Waals surface area contributed by atoms with Gasteiger partial charge in [-0.3, -0.25) is 0 Å². The number of alkyl carbamates (subject to hydrolysis) is 1. The van der Waals surface area contributed by atoms with E-state index in [1.807, 2.05) is 60.8 Å². The van der Waals surface area contributed by atoms with Crippen molar-refractivity contribution in [2.24, 2.45) is 5.16 Å². The van der Waals surface area contributed by atoms with Crippen LogP contribution in [-0.4, -0.2) is 65.6 Å². The van der Waals surface area contributed by atoms with Gasteiger partial charge in [0.25, 0.3) is 0 Å². The number of halogens is 1. The summed E-state index contributed by atoms with van der Waals surface area (Å²) in [6, 6.07) is 19.0. The third kappa shape index (κ3) is 5.96. The number of rotatable bonds is 5. The molecule has 1 saturated heterocycles. The number of hydrogen-bond acceptors (Lipinski definition) is 9. The standard InChI is InChI=1S/C33H33BrN6O4/c1-20(36-32(42)43-33(2,3)4)31(41)44-38-29-23-10-6-5-9-22(23)27-24-19-21(34)12-13-25(24)37-30(28(27)29)40-17-15-39(16-18-40)26-11-7-8-14-35-26/h5-14,19-20H,15-18H2,1-4H3,(H,36,42)/b38-29+/t20-/m0/s1. The van der Waals surface area contributed by atoms with Gasteiger partial charge >= 0.3 is 12.1 Å². The summed E-state index contributed by atoms with van der Waals surface area (Å²) in [5.41, 5.74) is 4.30. The molecule has 6 rings (SSSR count). The van der Waals surface area contributed by atoms with Gasteiger partial charge in [0.15, 0.2) is 0 Å². The van der Waals surface area contributed by atoms with Crippen molar-refractivity contribution in [2.75, 3.05) is 36.0 Å². The molecule has 1 N–H and O–H groups in total. The molecule has 2 aliphatic rings. The quantitative estimate of drug-likeness (QED) is 0.184. The Balaban J connectivity index is 1.37. The fraction of sp³-hybridized carbons (Fsp3) is 0.303. The minimum Gasteiger partial charge on any atom is -0.444 e. The molecule has 2 aromatic heterocycles. The number of carbonyl (C=O) groups is 2. The maximum Gasteiger partial charge on any atom is 0.408 e. The number of anilines is 2. The lowest BCUT2D eigenvalue weighted by Gasteiger charge is -2.37. The Labute approximate surface area is 264 Å². The zero-order valence-electron chi connectivity index (χ0n) is 25.0. The Morgan fingerprint density at radius 1 is 0.955 bits per heavy atom. The van der Waals surface area contributed by atoms with Crippen LogP contribution in [0.1, 0.15) is 38.8 Å². The SMILES string of the molecule is C[C@H](NC(=O)OC(C)(C)C)C(=O)O/N=C1\c2ccccc2-c2c1c(N1CCN(c3ccccn3)CC1)nc1ccc(Br)cc21. The summed E-state index contributed by atoms with van der Waals surface area (Å²) < 4.78 is 6.21. The van der Waals surface area contributed by atoms with E-state index in [2.05, 4.69) is 47.3 Å². The van der Waals surface area contributed by atoms with Crippen LogP contribution in [0.4, 0.5) is 16.4 Å². The Morgan fingerprint density at radius 3 is 2.36 bits per heavy atom. The highest BCUT2D eigenvalue weighted by molar-refractivity contribution is 9.10. The number of hydrogen-bond donors (Lipinski definition) is 1. The topological polar surface area (TPSA) is 109 Å². The average Bonchev–Trinajstić information content (AvgIpc) is 3.33. The predicted molar refractivity (Wildman–Crippen MR) is 174 cm³/mol. The first-order valence-corrected chi connectivity index (χ1v) is 15.3. The first kappa shape index (κ1) is 29.6. The average molecular weight is 658 g/mol. The second-order valence-electron chi connectivity index (χ2n) is 11.8. The second-order valence-corrected chi connectivity index (χ2v) is 12.7. The van der Waals surface area contributed by atoms with Gasteiger partial charge in [0.1, 0.15) is 29.0 Å². The number of benzene rings is 2. The predicted octanol–water partition coefficient (Wildman–Crippen LogP) is 5.91. The fourth-order valence-corrected chi connectivity index (χ4v) is 5.85. The van der Waals surface area contributed by atoms with Crippen molar-refractivity contribution in [2.45, 2.75) is 39.3 Å². The van der Waals surface area contributed by atoms with Crippen LogP contribution in [-0.2, 0) is 14.4 Å². The maximum absolute atomic E-state index is 13.0. The lowest BCUT2D eigenvalue weighted by molar-refractivity contribution is -0.145. The van der Waals surface area contributed by atoms with E-state index in [-0.39, 0.29) is 0 Å². The van der Waals surface area contributed by atoms with Crippen LogP contribution in [0, 0.1) is 0 Å². The van der Waals surface area contributed by atoms with E-state index in [1.165, 1.54) is 6.92 Å². The molecule has 0 unspecified atom stereocenters. The number of carbonyl (C=O) groups excluding carboxylic acids is 2. The molecule has 226 valence electrons. The van der Waals surface area contributed by atoms with Crippen molar-refractivity contribution in [3.05, 3.63) is 82.5 Å². The van der Waals surface area contributed by atoms with Gasteiger partial charge in [-0.15, -0.1) is 0 Å².